The first kappa shape index (κ1) is 19.8. The number of hydrogen-bond donors (Lipinski definition) is 1. The van der Waals surface area contributed by atoms with Crippen molar-refractivity contribution >= 4 is 40.7 Å². The van der Waals surface area contributed by atoms with E-state index >= 15 is 0 Å². The van der Waals surface area contributed by atoms with Crippen molar-refractivity contribution in [2.75, 3.05) is 6.61 Å². The van der Waals surface area contributed by atoms with Crippen LogP contribution in [-0.2, 0) is 13.9 Å². The fourth-order valence-corrected chi connectivity index (χ4v) is 7.46. The predicted molar refractivity (Wildman–Crippen MR) is 105 cm³/mol. The summed E-state index contributed by atoms with van der Waals surface area (Å²) in [7, 11) is -1.89. The first-order valence-electron chi connectivity index (χ1n) is 8.48. The molecule has 1 N–H and O–H groups in total. The molecule has 2 fully saturated rings. The molecule has 7 nitrogen and oxygen atoms in total. The number of H-pyrrole nitrogens is 1. The second kappa shape index (κ2) is 6.90. The van der Waals surface area contributed by atoms with Crippen LogP contribution in [-0.4, -0.2) is 56.9 Å². The Balaban J connectivity index is 1.82. The molecule has 0 amide bonds. The van der Waals surface area contributed by atoms with Gasteiger partial charge in [0.05, 0.1) is 0 Å². The number of rotatable bonds is 4. The van der Waals surface area contributed by atoms with E-state index in [0.717, 1.165) is 0 Å². The van der Waals surface area contributed by atoms with Crippen LogP contribution in [0, 0.1) is 0 Å². The summed E-state index contributed by atoms with van der Waals surface area (Å²) in [4.78, 5) is 25.8. The van der Waals surface area contributed by atoms with Crippen LogP contribution in [0.15, 0.2) is 21.9 Å². The molecule has 0 saturated carbocycles. The maximum absolute atomic E-state index is 12.2. The fourth-order valence-electron chi connectivity index (χ4n) is 2.72. The third-order valence-electron chi connectivity index (χ3n) is 5.29. The monoisotopic (exact) mass is 464 g/mol. The van der Waals surface area contributed by atoms with Crippen molar-refractivity contribution in [3.05, 3.63) is 33.1 Å². The molecule has 0 spiro atoms. The quantitative estimate of drug-likeness (QED) is 0.540. The van der Waals surface area contributed by atoms with Gasteiger partial charge in [0.25, 0.3) is 0 Å². The summed E-state index contributed by atoms with van der Waals surface area (Å²) < 4.78 is 19.3. The second-order valence-corrected chi connectivity index (χ2v) is 16.1. The topological polar surface area (TPSA) is 82.6 Å². The van der Waals surface area contributed by atoms with Crippen molar-refractivity contribution in [1.82, 2.24) is 9.55 Å². The SMILES string of the molecule is CC(C)(C)[Si](C)(C)OC[C@H]1[Se][C@@H](n2ccc(=O)[nH]c2=O)C2OC(=S)OC21. The molecule has 0 aliphatic carbocycles. The normalized spacial score (nSPS) is 28.6. The standard InChI is InChI=1S/C16H24N2O5SSeSi/c1-16(2,3)26(4,5)21-8-9-11-12(23-15(24)22-11)13(25-9)18-7-6-10(19)17-14(18)20/h6-7,9,11-13H,8H2,1-5H3,(H,17,19,20)/t9-,11?,12?,13-/m1/s1. The predicted octanol–water partition coefficient (Wildman–Crippen LogP) is 1.63. The molecule has 2 saturated heterocycles. The van der Waals surface area contributed by atoms with Crippen LogP contribution in [0.4, 0.5) is 0 Å². The molecular weight excluding hydrogens is 439 g/mol. The Morgan fingerprint density at radius 1 is 1.31 bits per heavy atom. The molecule has 2 aliphatic heterocycles. The van der Waals surface area contributed by atoms with Gasteiger partial charge in [0, 0.05) is 0 Å². The second-order valence-electron chi connectivity index (χ2n) is 8.07. The van der Waals surface area contributed by atoms with Gasteiger partial charge in [0.2, 0.25) is 0 Å². The third-order valence-corrected chi connectivity index (χ3v) is 13.2. The van der Waals surface area contributed by atoms with Crippen LogP contribution in [0.5, 0.6) is 0 Å². The summed E-state index contributed by atoms with van der Waals surface area (Å²) in [5, 5.41) is 0.241. The van der Waals surface area contributed by atoms with Crippen molar-refractivity contribution in [2.24, 2.45) is 0 Å². The molecule has 10 heteroatoms. The fraction of sp³-hybridized carbons (Fsp3) is 0.688. The minimum atomic E-state index is -1.89. The number of nitrogens with zero attached hydrogens (tertiary/aromatic N) is 1. The Kier molecular flexibility index (Phi) is 5.26. The van der Waals surface area contributed by atoms with Gasteiger partial charge < -0.3 is 0 Å². The van der Waals surface area contributed by atoms with Crippen LogP contribution in [0.3, 0.4) is 0 Å². The van der Waals surface area contributed by atoms with Crippen LogP contribution >= 0.6 is 12.2 Å². The molecule has 0 aromatic carbocycles. The molecule has 1 aromatic heterocycles. The van der Waals surface area contributed by atoms with Gasteiger partial charge in [-0.3, -0.25) is 0 Å². The molecular formula is C16H24N2O5SSeSi. The molecule has 1 aromatic rings. The third kappa shape index (κ3) is 3.70. The number of thiocarbonyl (C=S) groups is 1. The van der Waals surface area contributed by atoms with E-state index in [0.29, 0.717) is 6.61 Å². The minimum absolute atomic E-state index is 0.00417. The Bertz CT molecular complexity index is 818. The Labute approximate surface area is 164 Å². The summed E-state index contributed by atoms with van der Waals surface area (Å²) in [5.74, 6) is 0. The summed E-state index contributed by atoms with van der Waals surface area (Å²) in [6.07, 6.45) is 0.988. The first-order valence-corrected chi connectivity index (χ1v) is 13.8. The van der Waals surface area contributed by atoms with Crippen molar-refractivity contribution < 1.29 is 13.9 Å². The molecule has 4 atom stereocenters. The molecule has 3 rings (SSSR count). The van der Waals surface area contributed by atoms with Gasteiger partial charge >= 0.3 is 165 Å². The average molecular weight is 463 g/mol. The number of fused-ring (bicyclic) bond motifs is 1. The number of aromatic amines is 1. The van der Waals surface area contributed by atoms with Crippen molar-refractivity contribution in [2.45, 2.75) is 60.9 Å². The molecule has 0 radical (unpaired) electrons. The molecule has 3 heterocycles. The molecule has 2 aliphatic rings. The Morgan fingerprint density at radius 2 is 1.96 bits per heavy atom. The Hall–Kier alpha value is -0.934. The van der Waals surface area contributed by atoms with E-state index in [1.165, 1.54) is 16.8 Å². The zero-order chi connectivity index (χ0) is 19.3. The van der Waals surface area contributed by atoms with Gasteiger partial charge in [-0.2, -0.15) is 0 Å². The maximum atomic E-state index is 12.2. The van der Waals surface area contributed by atoms with Gasteiger partial charge in [-0.1, -0.05) is 0 Å². The first-order chi connectivity index (χ1) is 12.0. The van der Waals surface area contributed by atoms with Gasteiger partial charge in [0.15, 0.2) is 0 Å². The van der Waals surface area contributed by atoms with E-state index in [1.54, 1.807) is 0 Å². The molecule has 144 valence electrons. The zero-order valence-electron chi connectivity index (χ0n) is 15.5. The summed E-state index contributed by atoms with van der Waals surface area (Å²) in [6.45, 7) is 11.6. The summed E-state index contributed by atoms with van der Waals surface area (Å²) >= 11 is 5.08. The van der Waals surface area contributed by atoms with E-state index in [1.807, 2.05) is 0 Å². The number of ether oxygens (including phenoxy) is 2. The van der Waals surface area contributed by atoms with E-state index in [2.05, 4.69) is 38.8 Å². The van der Waals surface area contributed by atoms with E-state index in [4.69, 9.17) is 26.1 Å². The van der Waals surface area contributed by atoms with E-state index in [9.17, 15) is 9.59 Å². The van der Waals surface area contributed by atoms with Crippen molar-refractivity contribution in [3.8, 4) is 0 Å². The van der Waals surface area contributed by atoms with Gasteiger partial charge in [-0.25, -0.2) is 0 Å². The van der Waals surface area contributed by atoms with Gasteiger partial charge in [-0.15, -0.1) is 0 Å². The van der Waals surface area contributed by atoms with Crippen LogP contribution in [0.2, 0.25) is 22.9 Å². The molecule has 2 unspecified atom stereocenters. The van der Waals surface area contributed by atoms with Crippen molar-refractivity contribution in [3.63, 3.8) is 0 Å². The van der Waals surface area contributed by atoms with Crippen LogP contribution < -0.4 is 11.2 Å². The van der Waals surface area contributed by atoms with Crippen LogP contribution in [0.1, 0.15) is 25.7 Å². The molecule has 26 heavy (non-hydrogen) atoms. The number of aromatic nitrogens is 2. The average Bonchev–Trinajstić information content (AvgIpc) is 3.02. The van der Waals surface area contributed by atoms with Gasteiger partial charge in [0.1, 0.15) is 0 Å². The van der Waals surface area contributed by atoms with Crippen molar-refractivity contribution in [1.29, 1.82) is 0 Å². The number of nitrogens with one attached hydrogen (secondary N) is 1. The number of hydrogen-bond acceptors (Lipinski definition) is 6. The van der Waals surface area contributed by atoms with E-state index in [-0.39, 0.29) is 47.2 Å². The van der Waals surface area contributed by atoms with E-state index < -0.39 is 19.6 Å². The van der Waals surface area contributed by atoms with Gasteiger partial charge in [-0.05, 0) is 0 Å². The van der Waals surface area contributed by atoms with Crippen LogP contribution in [0.25, 0.3) is 0 Å². The summed E-state index contributed by atoms with van der Waals surface area (Å²) in [5.41, 5.74) is -0.847. The summed E-state index contributed by atoms with van der Waals surface area (Å²) in [6, 6.07) is 1.35. The zero-order valence-corrected chi connectivity index (χ0v) is 19.0. The molecule has 0 bridgehead atoms. The Morgan fingerprint density at radius 3 is 2.58 bits per heavy atom.